The highest BCUT2D eigenvalue weighted by molar-refractivity contribution is 6.74. The zero-order valence-corrected chi connectivity index (χ0v) is 12.5. The lowest BCUT2D eigenvalue weighted by Gasteiger charge is -2.44. The number of rotatable bonds is 2. The average molecular weight is 238 g/mol. The molecule has 0 bridgehead atoms. The van der Waals surface area contributed by atoms with Gasteiger partial charge in [-0.1, -0.05) is 32.9 Å². The van der Waals surface area contributed by atoms with Gasteiger partial charge in [0.25, 0.3) is 0 Å². The van der Waals surface area contributed by atoms with E-state index >= 15 is 0 Å². The van der Waals surface area contributed by atoms with E-state index in [0.29, 0.717) is 5.04 Å². The first-order valence-corrected chi connectivity index (χ1v) is 9.56. The molecule has 0 amide bonds. The summed E-state index contributed by atoms with van der Waals surface area (Å²) in [6.07, 6.45) is 9.93. The summed E-state index contributed by atoms with van der Waals surface area (Å²) in [7, 11) is -1.62. The number of hydrogen-bond donors (Lipinski definition) is 0. The Morgan fingerprint density at radius 2 is 2.00 bits per heavy atom. The maximum Gasteiger partial charge on any atom is 0.193 e. The molecular formula is C14H26OSi. The number of hydrogen-bond acceptors (Lipinski definition) is 1. The molecule has 2 rings (SSSR count). The minimum Gasteiger partial charge on any atom is -0.408 e. The van der Waals surface area contributed by atoms with Gasteiger partial charge in [-0.25, -0.2) is 0 Å². The van der Waals surface area contributed by atoms with Crippen molar-refractivity contribution in [1.29, 1.82) is 0 Å². The van der Waals surface area contributed by atoms with Crippen LogP contribution in [0.15, 0.2) is 12.2 Å². The van der Waals surface area contributed by atoms with E-state index in [1.807, 2.05) is 0 Å². The van der Waals surface area contributed by atoms with E-state index in [0.717, 1.165) is 5.92 Å². The highest BCUT2D eigenvalue weighted by Gasteiger charge is 2.50. The SMILES string of the molecule is CC(C)(C)[Si](C)(C)O[C@]12C=CC[C@@H]1CCC2. The molecule has 2 atom stereocenters. The van der Waals surface area contributed by atoms with Gasteiger partial charge in [-0.15, -0.1) is 0 Å². The van der Waals surface area contributed by atoms with Gasteiger partial charge in [-0.05, 0) is 49.7 Å². The van der Waals surface area contributed by atoms with Crippen LogP contribution in [-0.2, 0) is 4.43 Å². The predicted octanol–water partition coefficient (Wildman–Crippen LogP) is 4.51. The third kappa shape index (κ3) is 1.90. The molecule has 0 aliphatic heterocycles. The summed E-state index contributed by atoms with van der Waals surface area (Å²) in [6, 6.07) is 0. The average Bonchev–Trinajstić information content (AvgIpc) is 2.58. The van der Waals surface area contributed by atoms with Crippen LogP contribution in [0.2, 0.25) is 18.1 Å². The molecule has 2 aliphatic rings. The smallest absolute Gasteiger partial charge is 0.193 e. The highest BCUT2D eigenvalue weighted by Crippen LogP contribution is 2.50. The Balaban J connectivity index is 2.18. The molecular weight excluding hydrogens is 212 g/mol. The van der Waals surface area contributed by atoms with E-state index in [9.17, 15) is 0 Å². The Bertz CT molecular complexity index is 300. The Labute approximate surface area is 101 Å². The van der Waals surface area contributed by atoms with Crippen LogP contribution in [0.4, 0.5) is 0 Å². The van der Waals surface area contributed by atoms with Gasteiger partial charge in [0.15, 0.2) is 8.32 Å². The number of allylic oxidation sites excluding steroid dienone is 1. The molecule has 0 aromatic heterocycles. The summed E-state index contributed by atoms with van der Waals surface area (Å²) in [5, 5.41) is 0.325. The fourth-order valence-electron chi connectivity index (χ4n) is 2.84. The van der Waals surface area contributed by atoms with Crippen molar-refractivity contribution in [2.24, 2.45) is 5.92 Å². The van der Waals surface area contributed by atoms with Crippen LogP contribution in [0.25, 0.3) is 0 Å². The van der Waals surface area contributed by atoms with Gasteiger partial charge in [0, 0.05) is 0 Å². The summed E-state index contributed by atoms with van der Waals surface area (Å²) >= 11 is 0. The van der Waals surface area contributed by atoms with E-state index in [2.05, 4.69) is 46.0 Å². The Morgan fingerprint density at radius 3 is 2.62 bits per heavy atom. The molecule has 1 fully saturated rings. The molecule has 0 saturated heterocycles. The summed E-state index contributed by atoms with van der Waals surface area (Å²) in [4.78, 5) is 0. The quantitative estimate of drug-likeness (QED) is 0.508. The second-order valence-corrected chi connectivity index (χ2v) is 11.8. The Morgan fingerprint density at radius 1 is 1.31 bits per heavy atom. The van der Waals surface area contributed by atoms with Gasteiger partial charge < -0.3 is 4.43 Å². The van der Waals surface area contributed by atoms with Crippen molar-refractivity contribution in [1.82, 2.24) is 0 Å². The minimum atomic E-state index is -1.62. The van der Waals surface area contributed by atoms with Crippen LogP contribution < -0.4 is 0 Å². The van der Waals surface area contributed by atoms with Gasteiger partial charge in [0.1, 0.15) is 0 Å². The second-order valence-electron chi connectivity index (χ2n) is 7.04. The van der Waals surface area contributed by atoms with Crippen LogP contribution in [-0.4, -0.2) is 13.9 Å². The van der Waals surface area contributed by atoms with Crippen LogP contribution >= 0.6 is 0 Å². The lowest BCUT2D eigenvalue weighted by Crippen LogP contribution is -2.49. The number of fused-ring (bicyclic) bond motifs is 1. The molecule has 92 valence electrons. The molecule has 2 heteroatoms. The summed E-state index contributed by atoms with van der Waals surface area (Å²) in [5.41, 5.74) is 0.128. The first kappa shape index (κ1) is 12.4. The van der Waals surface area contributed by atoms with Gasteiger partial charge in [0.2, 0.25) is 0 Å². The van der Waals surface area contributed by atoms with E-state index in [1.165, 1.54) is 25.7 Å². The third-order valence-electron chi connectivity index (χ3n) is 4.88. The molecule has 0 aromatic carbocycles. The standard InChI is InChI=1S/C14H26OSi/c1-13(2,3)16(4,5)15-14-10-6-8-12(14)9-7-11-14/h6,10,12H,7-9,11H2,1-5H3/t12-,14+/m1/s1. The fourth-order valence-corrected chi connectivity index (χ4v) is 4.43. The van der Waals surface area contributed by atoms with E-state index in [-0.39, 0.29) is 5.60 Å². The summed E-state index contributed by atoms with van der Waals surface area (Å²) in [6.45, 7) is 11.8. The van der Waals surface area contributed by atoms with Crippen molar-refractivity contribution >= 4 is 8.32 Å². The molecule has 0 radical (unpaired) electrons. The van der Waals surface area contributed by atoms with Gasteiger partial charge in [-0.3, -0.25) is 0 Å². The van der Waals surface area contributed by atoms with Crippen molar-refractivity contribution in [2.75, 3.05) is 0 Å². The summed E-state index contributed by atoms with van der Waals surface area (Å²) in [5.74, 6) is 0.779. The highest BCUT2D eigenvalue weighted by atomic mass is 28.4. The van der Waals surface area contributed by atoms with Gasteiger partial charge in [0.05, 0.1) is 5.60 Å². The van der Waals surface area contributed by atoms with Gasteiger partial charge in [-0.2, -0.15) is 0 Å². The Hall–Kier alpha value is -0.0831. The normalized spacial score (nSPS) is 34.4. The second kappa shape index (κ2) is 3.71. The topological polar surface area (TPSA) is 9.23 Å². The Kier molecular flexibility index (Phi) is 2.87. The zero-order chi connectivity index (χ0) is 12.0. The summed E-state index contributed by atoms with van der Waals surface area (Å²) < 4.78 is 6.73. The lowest BCUT2D eigenvalue weighted by atomic mass is 9.95. The van der Waals surface area contributed by atoms with Crippen molar-refractivity contribution < 1.29 is 4.43 Å². The maximum absolute atomic E-state index is 6.73. The van der Waals surface area contributed by atoms with Gasteiger partial charge >= 0.3 is 0 Å². The molecule has 1 nitrogen and oxygen atoms in total. The third-order valence-corrected chi connectivity index (χ3v) is 9.39. The molecule has 0 unspecified atom stereocenters. The largest absolute Gasteiger partial charge is 0.408 e. The van der Waals surface area contributed by atoms with Crippen LogP contribution in [0.3, 0.4) is 0 Å². The minimum absolute atomic E-state index is 0.128. The molecule has 1 saturated carbocycles. The fraction of sp³-hybridized carbons (Fsp3) is 0.857. The predicted molar refractivity (Wildman–Crippen MR) is 72.1 cm³/mol. The van der Waals surface area contributed by atoms with E-state index in [4.69, 9.17) is 4.43 Å². The molecule has 0 heterocycles. The lowest BCUT2D eigenvalue weighted by molar-refractivity contribution is 0.0736. The first-order valence-electron chi connectivity index (χ1n) is 6.65. The zero-order valence-electron chi connectivity index (χ0n) is 11.5. The van der Waals surface area contributed by atoms with Crippen molar-refractivity contribution in [2.45, 2.75) is 70.2 Å². The van der Waals surface area contributed by atoms with E-state index in [1.54, 1.807) is 0 Å². The first-order chi connectivity index (χ1) is 7.27. The van der Waals surface area contributed by atoms with Crippen molar-refractivity contribution in [3.63, 3.8) is 0 Å². The van der Waals surface area contributed by atoms with Crippen LogP contribution in [0, 0.1) is 5.92 Å². The molecule has 0 spiro atoms. The van der Waals surface area contributed by atoms with Crippen molar-refractivity contribution in [3.8, 4) is 0 Å². The van der Waals surface area contributed by atoms with E-state index < -0.39 is 8.32 Å². The maximum atomic E-state index is 6.73. The van der Waals surface area contributed by atoms with Crippen LogP contribution in [0.1, 0.15) is 46.5 Å². The molecule has 16 heavy (non-hydrogen) atoms. The van der Waals surface area contributed by atoms with Crippen molar-refractivity contribution in [3.05, 3.63) is 12.2 Å². The molecule has 0 N–H and O–H groups in total. The van der Waals surface area contributed by atoms with Crippen LogP contribution in [0.5, 0.6) is 0 Å². The molecule has 2 aliphatic carbocycles. The molecule has 0 aromatic rings. The monoisotopic (exact) mass is 238 g/mol.